The van der Waals surface area contributed by atoms with Crippen LogP contribution in [-0.4, -0.2) is 61.3 Å². The fourth-order valence-corrected chi connectivity index (χ4v) is 4.97. The quantitative estimate of drug-likeness (QED) is 0.510. The van der Waals surface area contributed by atoms with Crippen molar-refractivity contribution in [1.82, 2.24) is 9.80 Å². The van der Waals surface area contributed by atoms with Gasteiger partial charge in [-0.25, -0.2) is 0 Å². The van der Waals surface area contributed by atoms with Gasteiger partial charge in [0.15, 0.2) is 0 Å². The largest absolute Gasteiger partial charge is 0.497 e. The predicted molar refractivity (Wildman–Crippen MR) is 134 cm³/mol. The van der Waals surface area contributed by atoms with Crippen molar-refractivity contribution in [2.24, 2.45) is 0 Å². The zero-order valence-electron chi connectivity index (χ0n) is 17.9. The minimum atomic E-state index is -0.383. The van der Waals surface area contributed by atoms with Gasteiger partial charge < -0.3 is 14.7 Å². The number of benzene rings is 2. The molecular weight excluding hydrogens is 428 g/mol. The average molecular weight is 459 g/mol. The Morgan fingerprint density at radius 3 is 2.48 bits per heavy atom. The van der Waals surface area contributed by atoms with Crippen LogP contribution in [0, 0.1) is 0 Å². The number of hydrogen-bond donors (Lipinski definition) is 1. The van der Waals surface area contributed by atoms with Gasteiger partial charge in [0.05, 0.1) is 13.2 Å². The summed E-state index contributed by atoms with van der Waals surface area (Å²) in [6.07, 6.45) is 4.82. The Bertz CT molecular complexity index is 965. The zero-order chi connectivity index (χ0) is 20.8. The van der Waals surface area contributed by atoms with Crippen LogP contribution < -0.4 is 4.74 Å². The van der Waals surface area contributed by atoms with Gasteiger partial charge in [-0.2, -0.15) is 0 Å². The topological polar surface area (TPSA) is 35.9 Å². The third kappa shape index (κ3) is 6.31. The number of nitrogens with zero attached hydrogens (tertiary/aromatic N) is 2. The van der Waals surface area contributed by atoms with Crippen molar-refractivity contribution in [3.05, 3.63) is 71.1 Å². The van der Waals surface area contributed by atoms with E-state index in [0.29, 0.717) is 0 Å². The molecule has 4 rings (SSSR count). The van der Waals surface area contributed by atoms with Crippen LogP contribution in [0.15, 0.2) is 60.0 Å². The van der Waals surface area contributed by atoms with Crippen molar-refractivity contribution >= 4 is 39.9 Å². The maximum atomic E-state index is 10.7. The molecule has 1 N–H and O–H groups in total. The number of aliphatic hydroxyl groups excluding tert-OH is 1. The summed E-state index contributed by atoms with van der Waals surface area (Å²) in [4.78, 5) is 4.96. The lowest BCUT2D eigenvalue weighted by Gasteiger charge is -2.34. The highest BCUT2D eigenvalue weighted by molar-refractivity contribution is 7.17. The molecule has 4 nitrogen and oxygen atoms in total. The van der Waals surface area contributed by atoms with Crippen LogP contribution >= 0.6 is 23.7 Å². The lowest BCUT2D eigenvalue weighted by molar-refractivity contribution is 0.108. The first kappa shape index (κ1) is 23.8. The molecule has 3 aromatic rings. The lowest BCUT2D eigenvalue weighted by Crippen LogP contribution is -2.46. The molecule has 1 saturated heterocycles. The van der Waals surface area contributed by atoms with Crippen molar-refractivity contribution < 1.29 is 9.84 Å². The summed E-state index contributed by atoms with van der Waals surface area (Å²) in [5.74, 6) is 0.889. The van der Waals surface area contributed by atoms with Gasteiger partial charge in [-0.3, -0.25) is 4.90 Å². The first-order valence-electron chi connectivity index (χ1n) is 10.6. The van der Waals surface area contributed by atoms with Gasteiger partial charge in [-0.1, -0.05) is 42.5 Å². The number of piperazine rings is 1. The number of aliphatic hydroxyl groups is 1. The summed E-state index contributed by atoms with van der Waals surface area (Å²) >= 11 is 1.72. The van der Waals surface area contributed by atoms with E-state index in [1.54, 1.807) is 18.4 Å². The maximum Gasteiger partial charge on any atom is 0.118 e. The Morgan fingerprint density at radius 2 is 1.74 bits per heavy atom. The third-order valence-corrected chi connectivity index (χ3v) is 6.83. The van der Waals surface area contributed by atoms with E-state index in [9.17, 15) is 5.11 Å². The Hall–Kier alpha value is -1.89. The summed E-state index contributed by atoms with van der Waals surface area (Å²) < 4.78 is 6.45. The van der Waals surface area contributed by atoms with Gasteiger partial charge >= 0.3 is 0 Å². The normalized spacial score (nSPS) is 16.5. The van der Waals surface area contributed by atoms with Gasteiger partial charge in [0.1, 0.15) is 5.75 Å². The number of fused-ring (bicyclic) bond motifs is 1. The summed E-state index contributed by atoms with van der Waals surface area (Å²) in [6, 6.07) is 16.5. The summed E-state index contributed by atoms with van der Waals surface area (Å²) in [5.41, 5.74) is 2.28. The molecule has 166 valence electrons. The molecule has 0 aliphatic carbocycles. The first-order valence-corrected chi connectivity index (χ1v) is 11.5. The molecule has 1 aliphatic rings. The fraction of sp³-hybridized carbons (Fsp3) is 0.360. The molecule has 0 spiro atoms. The Kier molecular flexibility index (Phi) is 8.93. The van der Waals surface area contributed by atoms with Crippen LogP contribution in [0.2, 0.25) is 0 Å². The predicted octanol–water partition coefficient (Wildman–Crippen LogP) is 5.09. The zero-order valence-corrected chi connectivity index (χ0v) is 19.6. The van der Waals surface area contributed by atoms with Crippen LogP contribution in [0.1, 0.15) is 23.7 Å². The molecule has 1 aromatic heterocycles. The van der Waals surface area contributed by atoms with Gasteiger partial charge in [0.2, 0.25) is 0 Å². The summed E-state index contributed by atoms with van der Waals surface area (Å²) in [5, 5.41) is 14.0. The molecule has 0 saturated carbocycles. The molecule has 2 aromatic carbocycles. The van der Waals surface area contributed by atoms with E-state index in [4.69, 9.17) is 4.74 Å². The maximum absolute atomic E-state index is 10.7. The lowest BCUT2D eigenvalue weighted by atomic mass is 10.1. The summed E-state index contributed by atoms with van der Waals surface area (Å²) in [7, 11) is 1.69. The minimum absolute atomic E-state index is 0. The van der Waals surface area contributed by atoms with Crippen LogP contribution in [0.3, 0.4) is 0 Å². The number of halogens is 1. The smallest absolute Gasteiger partial charge is 0.118 e. The number of methoxy groups -OCH3 is 1. The molecule has 1 aliphatic heterocycles. The van der Waals surface area contributed by atoms with E-state index in [-0.39, 0.29) is 18.5 Å². The van der Waals surface area contributed by atoms with Crippen LogP contribution in [0.5, 0.6) is 5.75 Å². The molecular formula is C25H31ClN2O2S. The molecule has 1 atom stereocenters. The average Bonchev–Trinajstić information content (AvgIpc) is 3.23. The second-order valence-electron chi connectivity index (χ2n) is 7.81. The molecule has 2 heterocycles. The molecule has 0 amide bonds. The highest BCUT2D eigenvalue weighted by Gasteiger charge is 2.18. The van der Waals surface area contributed by atoms with E-state index >= 15 is 0 Å². The van der Waals surface area contributed by atoms with Crippen LogP contribution in [-0.2, 0) is 0 Å². The van der Waals surface area contributed by atoms with E-state index in [1.165, 1.54) is 15.6 Å². The van der Waals surface area contributed by atoms with E-state index in [1.807, 2.05) is 18.2 Å². The van der Waals surface area contributed by atoms with E-state index < -0.39 is 0 Å². The molecule has 0 bridgehead atoms. The fourth-order valence-electron chi connectivity index (χ4n) is 3.97. The van der Waals surface area contributed by atoms with E-state index in [2.05, 4.69) is 57.7 Å². The Balaban J connectivity index is 0.00000272. The van der Waals surface area contributed by atoms with Crippen molar-refractivity contribution in [2.45, 2.75) is 12.5 Å². The SMILES string of the molecule is COc1ccc(C=CCN2CCN(CCC(O)c3csc4ccccc34)CC2)cc1.Cl. The van der Waals surface area contributed by atoms with Crippen molar-refractivity contribution in [1.29, 1.82) is 0 Å². The molecule has 6 heteroatoms. The number of hydrogen-bond acceptors (Lipinski definition) is 5. The van der Waals surface area contributed by atoms with Crippen LogP contribution in [0.4, 0.5) is 0 Å². The monoisotopic (exact) mass is 458 g/mol. The first-order chi connectivity index (χ1) is 14.7. The highest BCUT2D eigenvalue weighted by atomic mass is 35.5. The second kappa shape index (κ2) is 11.7. The molecule has 31 heavy (non-hydrogen) atoms. The molecule has 1 unspecified atom stereocenters. The van der Waals surface area contributed by atoms with Crippen LogP contribution in [0.25, 0.3) is 16.2 Å². The standard InChI is InChI=1S/C25H30N2O2S.ClH/c1-29-21-10-8-20(9-11-21)5-4-13-26-15-17-27(18-16-26)14-12-24(28)23-19-30-25-7-3-2-6-22(23)25;/h2-11,19,24,28H,12-18H2,1H3;1H. The third-order valence-electron chi connectivity index (χ3n) is 5.84. The van der Waals surface area contributed by atoms with Gasteiger partial charge in [-0.05, 0) is 46.5 Å². The van der Waals surface area contributed by atoms with Gasteiger partial charge in [0.25, 0.3) is 0 Å². The van der Waals surface area contributed by atoms with Crippen molar-refractivity contribution in [3.63, 3.8) is 0 Å². The number of thiophene rings is 1. The highest BCUT2D eigenvalue weighted by Crippen LogP contribution is 2.31. The molecule has 1 fully saturated rings. The minimum Gasteiger partial charge on any atom is -0.497 e. The second-order valence-corrected chi connectivity index (χ2v) is 8.72. The van der Waals surface area contributed by atoms with Crippen molar-refractivity contribution in [3.8, 4) is 5.75 Å². The van der Waals surface area contributed by atoms with E-state index in [0.717, 1.165) is 57.0 Å². The number of ether oxygens (including phenoxy) is 1. The Morgan fingerprint density at radius 1 is 1.03 bits per heavy atom. The van der Waals surface area contributed by atoms with Crippen molar-refractivity contribution in [2.75, 3.05) is 46.4 Å². The van der Waals surface area contributed by atoms with Gasteiger partial charge in [-0.15, -0.1) is 23.7 Å². The Labute approximate surface area is 195 Å². The van der Waals surface area contributed by atoms with Gasteiger partial charge in [0, 0.05) is 44.0 Å². The summed E-state index contributed by atoms with van der Waals surface area (Å²) in [6.45, 7) is 6.19. The number of rotatable bonds is 8. The molecule has 0 radical (unpaired) electrons.